The molecule has 1 aliphatic heterocycles. The molecule has 0 saturated carbocycles. The number of carbonyl (C=O) groups is 1. The van der Waals surface area contributed by atoms with Crippen molar-refractivity contribution in [1.29, 1.82) is 0 Å². The Morgan fingerprint density at radius 3 is 2.95 bits per heavy atom. The van der Waals surface area contributed by atoms with Gasteiger partial charge in [-0.25, -0.2) is 4.39 Å². The summed E-state index contributed by atoms with van der Waals surface area (Å²) in [6.45, 7) is 3.07. The number of nitrogens with two attached hydrogens (primary N) is 1. The van der Waals surface area contributed by atoms with E-state index in [1.165, 1.54) is 6.07 Å². The molecule has 1 amide bonds. The number of piperidine rings is 1. The van der Waals surface area contributed by atoms with Crippen molar-refractivity contribution >= 4 is 34.2 Å². The van der Waals surface area contributed by atoms with E-state index in [1.807, 2.05) is 6.07 Å². The summed E-state index contributed by atoms with van der Waals surface area (Å²) >= 11 is 3.26. The standard InChI is InChI=1S/C15H21BrFN3O.ClH/c16-13-4-3-11(14(17)8-13)9-20-7-1-2-12(10-20)15(21)19-6-5-18;/h3-4,8,12H,1-2,5-7,9-10,18H2,(H,19,21);1H. The van der Waals surface area contributed by atoms with E-state index >= 15 is 0 Å². The number of benzene rings is 1. The quantitative estimate of drug-likeness (QED) is 0.805. The van der Waals surface area contributed by atoms with E-state index < -0.39 is 0 Å². The number of nitrogens with one attached hydrogen (secondary N) is 1. The highest BCUT2D eigenvalue weighted by molar-refractivity contribution is 9.10. The van der Waals surface area contributed by atoms with Crippen molar-refractivity contribution in [3.05, 3.63) is 34.1 Å². The van der Waals surface area contributed by atoms with Gasteiger partial charge in [0.05, 0.1) is 5.92 Å². The van der Waals surface area contributed by atoms with Crippen LogP contribution in [0.1, 0.15) is 18.4 Å². The van der Waals surface area contributed by atoms with Crippen molar-refractivity contribution in [3.63, 3.8) is 0 Å². The molecule has 0 aromatic heterocycles. The molecule has 0 spiro atoms. The smallest absolute Gasteiger partial charge is 0.224 e. The first-order chi connectivity index (χ1) is 10.1. The van der Waals surface area contributed by atoms with Gasteiger partial charge in [-0.1, -0.05) is 22.0 Å². The van der Waals surface area contributed by atoms with Gasteiger partial charge in [0.25, 0.3) is 0 Å². The number of amides is 1. The average Bonchev–Trinajstić information content (AvgIpc) is 2.48. The van der Waals surface area contributed by atoms with Gasteiger partial charge in [0.15, 0.2) is 0 Å². The molecule has 22 heavy (non-hydrogen) atoms. The Balaban J connectivity index is 0.00000242. The zero-order chi connectivity index (χ0) is 15.2. The van der Waals surface area contributed by atoms with Gasteiger partial charge in [0, 0.05) is 36.2 Å². The highest BCUT2D eigenvalue weighted by Crippen LogP contribution is 2.21. The summed E-state index contributed by atoms with van der Waals surface area (Å²) in [4.78, 5) is 14.1. The molecule has 7 heteroatoms. The normalized spacial score (nSPS) is 18.6. The lowest BCUT2D eigenvalue weighted by molar-refractivity contribution is -0.126. The van der Waals surface area contributed by atoms with E-state index in [4.69, 9.17) is 5.73 Å². The third kappa shape index (κ3) is 5.50. The summed E-state index contributed by atoms with van der Waals surface area (Å²) in [6, 6.07) is 5.11. The van der Waals surface area contributed by atoms with Crippen LogP contribution in [0.2, 0.25) is 0 Å². The topological polar surface area (TPSA) is 58.4 Å². The molecule has 0 radical (unpaired) electrons. The number of nitrogens with zero attached hydrogens (tertiary/aromatic N) is 1. The van der Waals surface area contributed by atoms with Crippen molar-refractivity contribution < 1.29 is 9.18 Å². The minimum atomic E-state index is -0.209. The number of hydrogen-bond donors (Lipinski definition) is 2. The van der Waals surface area contributed by atoms with Crippen LogP contribution in [0, 0.1) is 11.7 Å². The van der Waals surface area contributed by atoms with Crippen LogP contribution in [-0.2, 0) is 11.3 Å². The van der Waals surface area contributed by atoms with Crippen LogP contribution in [0.15, 0.2) is 22.7 Å². The van der Waals surface area contributed by atoms with E-state index in [0.29, 0.717) is 31.7 Å². The van der Waals surface area contributed by atoms with Crippen LogP contribution in [0.25, 0.3) is 0 Å². The molecule has 1 unspecified atom stereocenters. The van der Waals surface area contributed by atoms with Crippen molar-refractivity contribution in [2.45, 2.75) is 19.4 Å². The van der Waals surface area contributed by atoms with Gasteiger partial charge in [0.1, 0.15) is 5.82 Å². The van der Waals surface area contributed by atoms with E-state index in [9.17, 15) is 9.18 Å². The molecule has 3 N–H and O–H groups in total. The lowest BCUT2D eigenvalue weighted by atomic mass is 9.96. The van der Waals surface area contributed by atoms with Crippen LogP contribution < -0.4 is 11.1 Å². The SMILES string of the molecule is Cl.NCCNC(=O)C1CCCN(Cc2ccc(Br)cc2F)C1. The van der Waals surface area contributed by atoms with Gasteiger partial charge < -0.3 is 11.1 Å². The molecule has 4 nitrogen and oxygen atoms in total. The highest BCUT2D eigenvalue weighted by Gasteiger charge is 2.25. The molecule has 1 saturated heterocycles. The molecule has 124 valence electrons. The molecular weight excluding hydrogens is 373 g/mol. The van der Waals surface area contributed by atoms with Crippen LogP contribution in [0.5, 0.6) is 0 Å². The van der Waals surface area contributed by atoms with Gasteiger partial charge in [0.2, 0.25) is 5.91 Å². The Labute approximate surface area is 145 Å². The van der Waals surface area contributed by atoms with Gasteiger partial charge in [-0.05, 0) is 31.5 Å². The summed E-state index contributed by atoms with van der Waals surface area (Å²) in [7, 11) is 0. The van der Waals surface area contributed by atoms with Gasteiger partial charge in [-0.15, -0.1) is 12.4 Å². The zero-order valence-corrected chi connectivity index (χ0v) is 14.8. The molecule has 1 fully saturated rings. The van der Waals surface area contributed by atoms with E-state index in [-0.39, 0.29) is 30.0 Å². The largest absolute Gasteiger partial charge is 0.355 e. The van der Waals surface area contributed by atoms with E-state index in [1.54, 1.807) is 6.07 Å². The molecule has 1 aromatic carbocycles. The molecular formula is C15H22BrClFN3O. The maximum atomic E-state index is 13.9. The predicted octanol–water partition coefficient (Wildman–Crippen LogP) is 2.30. The number of rotatable bonds is 5. The third-order valence-electron chi connectivity index (χ3n) is 3.73. The highest BCUT2D eigenvalue weighted by atomic mass is 79.9. The van der Waals surface area contributed by atoms with Gasteiger partial charge in [-0.2, -0.15) is 0 Å². The minimum absolute atomic E-state index is 0. The maximum Gasteiger partial charge on any atom is 0.224 e. The van der Waals surface area contributed by atoms with E-state index in [2.05, 4.69) is 26.1 Å². The molecule has 2 rings (SSSR count). The summed E-state index contributed by atoms with van der Waals surface area (Å²) in [6.07, 6.45) is 1.84. The maximum absolute atomic E-state index is 13.9. The Hall–Kier alpha value is -0.690. The Morgan fingerprint density at radius 2 is 2.27 bits per heavy atom. The molecule has 0 bridgehead atoms. The number of carbonyl (C=O) groups excluding carboxylic acids is 1. The number of halogens is 3. The van der Waals surface area contributed by atoms with Gasteiger partial charge in [-0.3, -0.25) is 9.69 Å². The average molecular weight is 395 g/mol. The van der Waals surface area contributed by atoms with Crippen LogP contribution >= 0.6 is 28.3 Å². The van der Waals surface area contributed by atoms with Crippen molar-refractivity contribution in [1.82, 2.24) is 10.2 Å². The summed E-state index contributed by atoms with van der Waals surface area (Å²) in [5, 5.41) is 2.83. The van der Waals surface area contributed by atoms with Crippen LogP contribution in [-0.4, -0.2) is 37.0 Å². The summed E-state index contributed by atoms with van der Waals surface area (Å²) < 4.78 is 14.6. The first-order valence-corrected chi connectivity index (χ1v) is 8.03. The molecule has 1 atom stereocenters. The third-order valence-corrected chi connectivity index (χ3v) is 4.22. The van der Waals surface area contributed by atoms with Gasteiger partial charge >= 0.3 is 0 Å². The monoisotopic (exact) mass is 393 g/mol. The van der Waals surface area contributed by atoms with Crippen molar-refractivity contribution in [2.75, 3.05) is 26.2 Å². The lowest BCUT2D eigenvalue weighted by Crippen LogP contribution is -2.43. The molecule has 1 aromatic rings. The van der Waals surface area contributed by atoms with E-state index in [0.717, 1.165) is 23.9 Å². The van der Waals surface area contributed by atoms with Crippen LogP contribution in [0.3, 0.4) is 0 Å². The second kappa shape index (κ2) is 9.45. The second-order valence-corrected chi connectivity index (χ2v) is 6.31. The van der Waals surface area contributed by atoms with Crippen molar-refractivity contribution in [3.8, 4) is 0 Å². The Morgan fingerprint density at radius 1 is 1.50 bits per heavy atom. The predicted molar refractivity (Wildman–Crippen MR) is 91.4 cm³/mol. The molecule has 0 aliphatic carbocycles. The first kappa shape index (κ1) is 19.4. The second-order valence-electron chi connectivity index (χ2n) is 5.39. The van der Waals surface area contributed by atoms with Crippen LogP contribution in [0.4, 0.5) is 4.39 Å². The number of hydrogen-bond acceptors (Lipinski definition) is 3. The fourth-order valence-electron chi connectivity index (χ4n) is 2.64. The molecule has 1 aliphatic rings. The lowest BCUT2D eigenvalue weighted by Gasteiger charge is -2.32. The first-order valence-electron chi connectivity index (χ1n) is 7.24. The minimum Gasteiger partial charge on any atom is -0.355 e. The number of likely N-dealkylation sites (tertiary alicyclic amines) is 1. The fourth-order valence-corrected chi connectivity index (χ4v) is 2.98. The Bertz CT molecular complexity index is 504. The Kier molecular flexibility index (Phi) is 8.31. The molecule has 1 heterocycles. The summed E-state index contributed by atoms with van der Waals surface area (Å²) in [5.74, 6) is -0.177. The fraction of sp³-hybridized carbons (Fsp3) is 0.533. The van der Waals surface area contributed by atoms with Crippen molar-refractivity contribution in [2.24, 2.45) is 11.7 Å². The zero-order valence-electron chi connectivity index (χ0n) is 12.4. The summed E-state index contributed by atoms with van der Waals surface area (Å²) in [5.41, 5.74) is 6.06.